The van der Waals surface area contributed by atoms with Gasteiger partial charge in [0.1, 0.15) is 0 Å². The zero-order valence-corrected chi connectivity index (χ0v) is 16.3. The molecule has 3 aromatic rings. The summed E-state index contributed by atoms with van der Waals surface area (Å²) in [4.78, 5) is 22.7. The Kier molecular flexibility index (Phi) is 5.45. The fourth-order valence-corrected chi connectivity index (χ4v) is 4.16. The van der Waals surface area contributed by atoms with Gasteiger partial charge in [-0.2, -0.15) is 0 Å². The zero-order chi connectivity index (χ0) is 18.6. The van der Waals surface area contributed by atoms with Crippen molar-refractivity contribution < 1.29 is 4.79 Å². The van der Waals surface area contributed by atoms with E-state index in [2.05, 4.69) is 27.2 Å². The molecule has 6 heteroatoms. The van der Waals surface area contributed by atoms with Gasteiger partial charge in [0.25, 0.3) is 5.91 Å². The zero-order valence-electron chi connectivity index (χ0n) is 15.4. The minimum absolute atomic E-state index is 0.0287. The van der Waals surface area contributed by atoms with E-state index in [1.807, 2.05) is 48.5 Å². The molecule has 0 saturated carbocycles. The molecule has 2 aromatic carbocycles. The van der Waals surface area contributed by atoms with E-state index in [0.717, 1.165) is 53.4 Å². The van der Waals surface area contributed by atoms with Crippen molar-refractivity contribution >= 4 is 28.7 Å². The Morgan fingerprint density at radius 1 is 1.19 bits per heavy atom. The Hall–Kier alpha value is -2.31. The molecule has 2 N–H and O–H groups in total. The number of benzene rings is 2. The first-order valence-corrected chi connectivity index (χ1v) is 10.3. The summed E-state index contributed by atoms with van der Waals surface area (Å²) in [6.45, 7) is 2.09. The highest BCUT2D eigenvalue weighted by molar-refractivity contribution is 7.98. The Bertz CT molecular complexity index is 880. The van der Waals surface area contributed by atoms with Crippen molar-refractivity contribution in [2.75, 3.05) is 20.1 Å². The second-order valence-corrected chi connectivity index (χ2v) is 8.06. The predicted molar refractivity (Wildman–Crippen MR) is 110 cm³/mol. The van der Waals surface area contributed by atoms with Gasteiger partial charge in [0.05, 0.1) is 11.0 Å². The standard InChI is InChI=1S/C21H24N4OS/c1-25-12-10-17(11-13-25)22-20(26)16-8-6-15(7-9-16)14-27-21-23-18-4-2-3-5-19(18)24-21/h2-9,17H,10-14H2,1H3,(H,22,26)(H,23,24). The van der Waals surface area contributed by atoms with E-state index in [-0.39, 0.29) is 11.9 Å². The van der Waals surface area contributed by atoms with Crippen LogP contribution in [-0.4, -0.2) is 47.0 Å². The maximum Gasteiger partial charge on any atom is 0.251 e. The maximum absolute atomic E-state index is 12.4. The largest absolute Gasteiger partial charge is 0.349 e. The van der Waals surface area contributed by atoms with Gasteiger partial charge >= 0.3 is 0 Å². The average Bonchev–Trinajstić information content (AvgIpc) is 3.11. The minimum Gasteiger partial charge on any atom is -0.349 e. The molecule has 1 aromatic heterocycles. The van der Waals surface area contributed by atoms with Crippen molar-refractivity contribution in [3.63, 3.8) is 0 Å². The van der Waals surface area contributed by atoms with Gasteiger partial charge in [0, 0.05) is 17.4 Å². The van der Waals surface area contributed by atoms with Crippen LogP contribution in [0.15, 0.2) is 53.7 Å². The van der Waals surface area contributed by atoms with Crippen molar-refractivity contribution in [2.24, 2.45) is 0 Å². The van der Waals surface area contributed by atoms with E-state index >= 15 is 0 Å². The van der Waals surface area contributed by atoms with Gasteiger partial charge in [-0.15, -0.1) is 0 Å². The molecule has 1 aliphatic heterocycles. The number of thioether (sulfide) groups is 1. The summed E-state index contributed by atoms with van der Waals surface area (Å²) in [7, 11) is 2.13. The topological polar surface area (TPSA) is 61.0 Å². The van der Waals surface area contributed by atoms with E-state index < -0.39 is 0 Å². The molecular weight excluding hydrogens is 356 g/mol. The van der Waals surface area contributed by atoms with Gasteiger partial charge in [-0.3, -0.25) is 4.79 Å². The van der Waals surface area contributed by atoms with Crippen LogP contribution in [0.4, 0.5) is 0 Å². The summed E-state index contributed by atoms with van der Waals surface area (Å²) in [5.74, 6) is 0.845. The number of carbonyl (C=O) groups excluding carboxylic acids is 1. The second kappa shape index (κ2) is 8.15. The Morgan fingerprint density at radius 2 is 1.93 bits per heavy atom. The smallest absolute Gasteiger partial charge is 0.251 e. The third-order valence-corrected chi connectivity index (χ3v) is 5.96. The molecule has 0 atom stereocenters. The van der Waals surface area contributed by atoms with Crippen LogP contribution in [0.5, 0.6) is 0 Å². The maximum atomic E-state index is 12.4. The van der Waals surface area contributed by atoms with Gasteiger partial charge < -0.3 is 15.2 Å². The SMILES string of the molecule is CN1CCC(NC(=O)c2ccc(CSc3nc4ccccc4[nH]3)cc2)CC1. The van der Waals surface area contributed by atoms with Crippen LogP contribution in [0.3, 0.4) is 0 Å². The van der Waals surface area contributed by atoms with E-state index in [1.54, 1.807) is 11.8 Å². The fourth-order valence-electron chi connectivity index (χ4n) is 3.32. The number of para-hydroxylation sites is 2. The molecule has 0 aliphatic carbocycles. The van der Waals surface area contributed by atoms with Crippen molar-refractivity contribution in [1.82, 2.24) is 20.2 Å². The normalized spacial score (nSPS) is 15.9. The summed E-state index contributed by atoms with van der Waals surface area (Å²) in [6, 6.07) is 16.2. The summed E-state index contributed by atoms with van der Waals surface area (Å²) in [5, 5.41) is 4.08. The second-order valence-electron chi connectivity index (χ2n) is 7.10. The van der Waals surface area contributed by atoms with Crippen LogP contribution < -0.4 is 5.32 Å². The summed E-state index contributed by atoms with van der Waals surface area (Å²) in [6.07, 6.45) is 2.04. The first-order valence-electron chi connectivity index (χ1n) is 9.33. The van der Waals surface area contributed by atoms with Crippen LogP contribution in [0.1, 0.15) is 28.8 Å². The number of H-pyrrole nitrogens is 1. The van der Waals surface area contributed by atoms with Crippen molar-refractivity contribution in [1.29, 1.82) is 0 Å². The number of carbonyl (C=O) groups is 1. The van der Waals surface area contributed by atoms with E-state index in [4.69, 9.17) is 0 Å². The number of hydrogen-bond acceptors (Lipinski definition) is 4. The molecule has 1 amide bonds. The number of piperidine rings is 1. The van der Waals surface area contributed by atoms with E-state index in [1.165, 1.54) is 5.56 Å². The molecule has 1 saturated heterocycles. The lowest BCUT2D eigenvalue weighted by atomic mass is 10.0. The third kappa shape index (κ3) is 4.51. The van der Waals surface area contributed by atoms with Gasteiger partial charge in [0.2, 0.25) is 0 Å². The van der Waals surface area contributed by atoms with Crippen LogP contribution in [-0.2, 0) is 5.75 Å². The number of likely N-dealkylation sites (tertiary alicyclic amines) is 1. The lowest BCUT2D eigenvalue weighted by Gasteiger charge is -2.29. The summed E-state index contributed by atoms with van der Waals surface area (Å²) >= 11 is 1.67. The average molecular weight is 381 g/mol. The van der Waals surface area contributed by atoms with Gasteiger partial charge in [0.15, 0.2) is 5.16 Å². The number of rotatable bonds is 5. The molecule has 140 valence electrons. The molecule has 0 radical (unpaired) electrons. The fraction of sp³-hybridized carbons (Fsp3) is 0.333. The quantitative estimate of drug-likeness (QED) is 0.663. The highest BCUT2D eigenvalue weighted by atomic mass is 32.2. The first kappa shape index (κ1) is 18.1. The number of nitrogens with zero attached hydrogens (tertiary/aromatic N) is 2. The minimum atomic E-state index is 0.0287. The number of nitrogens with one attached hydrogen (secondary N) is 2. The van der Waals surface area contributed by atoms with E-state index in [0.29, 0.717) is 0 Å². The number of aromatic amines is 1. The monoisotopic (exact) mass is 380 g/mol. The van der Waals surface area contributed by atoms with Gasteiger partial charge in [-0.1, -0.05) is 36.0 Å². The number of fused-ring (bicyclic) bond motifs is 1. The highest BCUT2D eigenvalue weighted by Gasteiger charge is 2.19. The molecule has 27 heavy (non-hydrogen) atoms. The van der Waals surface area contributed by atoms with Crippen molar-refractivity contribution in [3.05, 3.63) is 59.7 Å². The molecule has 2 heterocycles. The third-order valence-electron chi connectivity index (χ3n) is 5.01. The molecule has 4 rings (SSSR count). The molecule has 0 unspecified atom stereocenters. The van der Waals surface area contributed by atoms with Crippen LogP contribution >= 0.6 is 11.8 Å². The first-order chi connectivity index (χ1) is 13.2. The van der Waals surface area contributed by atoms with Crippen LogP contribution in [0.2, 0.25) is 0 Å². The number of hydrogen-bond donors (Lipinski definition) is 2. The number of aromatic nitrogens is 2. The molecule has 1 fully saturated rings. The van der Waals surface area contributed by atoms with Crippen molar-refractivity contribution in [2.45, 2.75) is 29.8 Å². The Labute approximate surface area is 163 Å². The summed E-state index contributed by atoms with van der Waals surface area (Å²) in [5.41, 5.74) is 3.95. The molecular formula is C21H24N4OS. The number of imidazole rings is 1. The highest BCUT2D eigenvalue weighted by Crippen LogP contribution is 2.23. The lowest BCUT2D eigenvalue weighted by Crippen LogP contribution is -2.43. The van der Waals surface area contributed by atoms with Gasteiger partial charge in [-0.05, 0) is 62.8 Å². The predicted octanol–water partition coefficient (Wildman–Crippen LogP) is 3.68. The van der Waals surface area contributed by atoms with Crippen LogP contribution in [0, 0.1) is 0 Å². The van der Waals surface area contributed by atoms with Crippen molar-refractivity contribution in [3.8, 4) is 0 Å². The van der Waals surface area contributed by atoms with Gasteiger partial charge in [-0.25, -0.2) is 4.98 Å². The lowest BCUT2D eigenvalue weighted by molar-refractivity contribution is 0.0917. The molecule has 1 aliphatic rings. The number of amides is 1. The summed E-state index contributed by atoms with van der Waals surface area (Å²) < 4.78 is 0. The van der Waals surface area contributed by atoms with E-state index in [9.17, 15) is 4.79 Å². The molecule has 0 bridgehead atoms. The Balaban J connectivity index is 1.32. The Morgan fingerprint density at radius 3 is 2.67 bits per heavy atom. The van der Waals surface area contributed by atoms with Crippen LogP contribution in [0.25, 0.3) is 11.0 Å². The molecule has 5 nitrogen and oxygen atoms in total. The molecule has 0 spiro atoms.